The van der Waals surface area contributed by atoms with E-state index in [0.29, 0.717) is 12.5 Å². The van der Waals surface area contributed by atoms with Crippen LogP contribution in [0.5, 0.6) is 0 Å². The molecule has 112 valence electrons. The first-order chi connectivity index (χ1) is 9.47. The highest BCUT2D eigenvalue weighted by molar-refractivity contribution is 5.34. The Morgan fingerprint density at radius 1 is 1.25 bits per heavy atom. The Morgan fingerprint density at radius 2 is 1.90 bits per heavy atom. The fourth-order valence-corrected chi connectivity index (χ4v) is 2.82. The molecule has 1 unspecified atom stereocenters. The Labute approximate surface area is 122 Å². The maximum absolute atomic E-state index is 10.5. The molecule has 2 N–H and O–H groups in total. The summed E-state index contributed by atoms with van der Waals surface area (Å²) in [4.78, 5) is 2.25. The summed E-state index contributed by atoms with van der Waals surface area (Å²) in [6.07, 6.45) is 1.04. The number of likely N-dealkylation sites (tertiary alicyclic amines) is 1. The van der Waals surface area contributed by atoms with E-state index in [1.54, 1.807) is 0 Å². The fraction of sp³-hybridized carbons (Fsp3) is 0.647. The van der Waals surface area contributed by atoms with Crippen LogP contribution in [0.4, 0.5) is 0 Å². The van der Waals surface area contributed by atoms with Crippen molar-refractivity contribution in [3.63, 3.8) is 0 Å². The van der Waals surface area contributed by atoms with Gasteiger partial charge in [0, 0.05) is 19.6 Å². The van der Waals surface area contributed by atoms with E-state index < -0.39 is 6.10 Å². The first kappa shape index (κ1) is 15.5. The zero-order valence-corrected chi connectivity index (χ0v) is 12.8. The molecule has 1 aromatic rings. The number of nitrogens with zero attached hydrogens (tertiary/aromatic N) is 1. The molecule has 0 aromatic heterocycles. The quantitative estimate of drug-likeness (QED) is 0.889. The fourth-order valence-electron chi connectivity index (χ4n) is 2.82. The van der Waals surface area contributed by atoms with Crippen LogP contribution in [-0.2, 0) is 0 Å². The van der Waals surface area contributed by atoms with Gasteiger partial charge in [-0.05, 0) is 42.4 Å². The molecule has 20 heavy (non-hydrogen) atoms. The second kappa shape index (κ2) is 6.70. The van der Waals surface area contributed by atoms with E-state index in [1.165, 1.54) is 5.56 Å². The van der Waals surface area contributed by atoms with Gasteiger partial charge in [0.2, 0.25) is 0 Å². The Balaban J connectivity index is 2.04. The van der Waals surface area contributed by atoms with Crippen LogP contribution in [0, 0.1) is 6.92 Å². The average Bonchev–Trinajstić information content (AvgIpc) is 2.41. The summed E-state index contributed by atoms with van der Waals surface area (Å²) in [6.45, 7) is 8.82. The molecule has 0 radical (unpaired) electrons. The van der Waals surface area contributed by atoms with Gasteiger partial charge in [-0.15, -0.1) is 0 Å². The van der Waals surface area contributed by atoms with Gasteiger partial charge in [0.05, 0.1) is 12.2 Å². The number of benzene rings is 1. The molecule has 1 fully saturated rings. The van der Waals surface area contributed by atoms with Crippen LogP contribution in [0.3, 0.4) is 0 Å². The Bertz CT molecular complexity index is 437. The minimum Gasteiger partial charge on any atom is -0.393 e. The maximum atomic E-state index is 10.5. The molecule has 1 aliphatic heterocycles. The number of rotatable bonds is 4. The molecule has 0 aliphatic carbocycles. The van der Waals surface area contributed by atoms with E-state index in [1.807, 2.05) is 0 Å². The number of hydrogen-bond donors (Lipinski definition) is 2. The molecule has 1 aliphatic rings. The Hall–Kier alpha value is -0.900. The number of hydrogen-bond acceptors (Lipinski definition) is 3. The van der Waals surface area contributed by atoms with Gasteiger partial charge in [0.1, 0.15) is 0 Å². The van der Waals surface area contributed by atoms with E-state index in [4.69, 9.17) is 0 Å². The third-order valence-electron chi connectivity index (χ3n) is 4.32. The lowest BCUT2D eigenvalue weighted by atomic mass is 9.94. The van der Waals surface area contributed by atoms with Crippen molar-refractivity contribution < 1.29 is 10.2 Å². The molecule has 3 heteroatoms. The van der Waals surface area contributed by atoms with E-state index in [0.717, 1.165) is 37.1 Å². The predicted molar refractivity (Wildman–Crippen MR) is 81.9 cm³/mol. The molecule has 2 rings (SSSR count). The lowest BCUT2D eigenvalue weighted by Gasteiger charge is -2.31. The lowest BCUT2D eigenvalue weighted by molar-refractivity contribution is 0.0506. The standard InChI is InChI=1S/C17H27NO2/c1-12(2)14-5-4-13(3)16(10-14)17(20)11-18-8-6-15(19)7-9-18/h4-5,10,12,15,17,19-20H,6-9,11H2,1-3H3. The number of aliphatic hydroxyl groups excluding tert-OH is 2. The van der Waals surface area contributed by atoms with E-state index in [2.05, 4.69) is 43.9 Å². The lowest BCUT2D eigenvalue weighted by Crippen LogP contribution is -2.38. The number of aliphatic hydroxyl groups is 2. The SMILES string of the molecule is Cc1ccc(C(C)C)cc1C(O)CN1CCC(O)CC1. The van der Waals surface area contributed by atoms with Gasteiger partial charge >= 0.3 is 0 Å². The van der Waals surface area contributed by atoms with Crippen molar-refractivity contribution in [2.75, 3.05) is 19.6 Å². The summed E-state index contributed by atoms with van der Waals surface area (Å²) in [5, 5.41) is 20.1. The van der Waals surface area contributed by atoms with Gasteiger partial charge in [-0.3, -0.25) is 0 Å². The molecule has 0 saturated carbocycles. The zero-order chi connectivity index (χ0) is 14.7. The summed E-state index contributed by atoms with van der Waals surface area (Å²) >= 11 is 0. The van der Waals surface area contributed by atoms with Crippen LogP contribution >= 0.6 is 0 Å². The van der Waals surface area contributed by atoms with Crippen molar-refractivity contribution in [3.8, 4) is 0 Å². The van der Waals surface area contributed by atoms with Crippen molar-refractivity contribution in [1.82, 2.24) is 4.90 Å². The smallest absolute Gasteiger partial charge is 0.0919 e. The maximum Gasteiger partial charge on any atom is 0.0919 e. The topological polar surface area (TPSA) is 43.7 Å². The van der Waals surface area contributed by atoms with Crippen molar-refractivity contribution in [2.45, 2.75) is 51.7 Å². The van der Waals surface area contributed by atoms with Gasteiger partial charge in [0.25, 0.3) is 0 Å². The van der Waals surface area contributed by atoms with Crippen LogP contribution in [0.1, 0.15) is 55.4 Å². The van der Waals surface area contributed by atoms with E-state index >= 15 is 0 Å². The third kappa shape index (κ3) is 3.81. The van der Waals surface area contributed by atoms with Crippen molar-refractivity contribution in [3.05, 3.63) is 34.9 Å². The summed E-state index contributed by atoms with van der Waals surface area (Å²) in [6, 6.07) is 6.39. The number of β-amino-alcohol motifs (C(OH)–C–C–N with tert-alkyl or cyclic N) is 1. The first-order valence-corrected chi connectivity index (χ1v) is 7.66. The largest absolute Gasteiger partial charge is 0.393 e. The van der Waals surface area contributed by atoms with E-state index in [9.17, 15) is 10.2 Å². The van der Waals surface area contributed by atoms with Crippen molar-refractivity contribution in [2.24, 2.45) is 0 Å². The number of piperidine rings is 1. The Morgan fingerprint density at radius 3 is 2.50 bits per heavy atom. The number of aryl methyl sites for hydroxylation is 1. The highest BCUT2D eigenvalue weighted by Gasteiger charge is 2.21. The molecule has 0 spiro atoms. The zero-order valence-electron chi connectivity index (χ0n) is 12.8. The highest BCUT2D eigenvalue weighted by Crippen LogP contribution is 2.25. The molecular weight excluding hydrogens is 250 g/mol. The molecule has 1 aromatic carbocycles. The molecule has 1 atom stereocenters. The summed E-state index contributed by atoms with van der Waals surface area (Å²) in [7, 11) is 0. The normalized spacial score (nSPS) is 19.5. The molecule has 0 amide bonds. The van der Waals surface area contributed by atoms with Crippen molar-refractivity contribution >= 4 is 0 Å². The second-order valence-corrected chi connectivity index (χ2v) is 6.32. The van der Waals surface area contributed by atoms with Gasteiger partial charge in [-0.25, -0.2) is 0 Å². The molecular formula is C17H27NO2. The molecule has 1 heterocycles. The van der Waals surface area contributed by atoms with Crippen LogP contribution < -0.4 is 0 Å². The van der Waals surface area contributed by atoms with Crippen molar-refractivity contribution in [1.29, 1.82) is 0 Å². The highest BCUT2D eigenvalue weighted by atomic mass is 16.3. The summed E-state index contributed by atoms with van der Waals surface area (Å²) < 4.78 is 0. The molecule has 3 nitrogen and oxygen atoms in total. The van der Waals surface area contributed by atoms with Gasteiger partial charge < -0.3 is 15.1 Å². The molecule has 0 bridgehead atoms. The minimum atomic E-state index is -0.441. The van der Waals surface area contributed by atoms with Crippen LogP contribution in [0.2, 0.25) is 0 Å². The van der Waals surface area contributed by atoms with Gasteiger partial charge in [-0.2, -0.15) is 0 Å². The summed E-state index contributed by atoms with van der Waals surface area (Å²) in [5.74, 6) is 0.478. The van der Waals surface area contributed by atoms with Crippen LogP contribution in [0.25, 0.3) is 0 Å². The van der Waals surface area contributed by atoms with E-state index in [-0.39, 0.29) is 6.10 Å². The monoisotopic (exact) mass is 277 g/mol. The second-order valence-electron chi connectivity index (χ2n) is 6.32. The Kier molecular flexibility index (Phi) is 5.19. The third-order valence-corrected chi connectivity index (χ3v) is 4.32. The average molecular weight is 277 g/mol. The van der Waals surface area contributed by atoms with Gasteiger partial charge in [-0.1, -0.05) is 32.0 Å². The van der Waals surface area contributed by atoms with Crippen LogP contribution in [-0.4, -0.2) is 40.9 Å². The molecule has 1 saturated heterocycles. The van der Waals surface area contributed by atoms with Crippen LogP contribution in [0.15, 0.2) is 18.2 Å². The minimum absolute atomic E-state index is 0.158. The summed E-state index contributed by atoms with van der Waals surface area (Å²) in [5.41, 5.74) is 3.47. The van der Waals surface area contributed by atoms with Gasteiger partial charge in [0.15, 0.2) is 0 Å². The first-order valence-electron chi connectivity index (χ1n) is 7.66. The predicted octanol–water partition coefficient (Wildman–Crippen LogP) is 2.61.